The topological polar surface area (TPSA) is 112 Å². The molecule has 0 radical (unpaired) electrons. The molecule has 2 N–H and O–H groups in total. The number of rotatable bonds is 6. The molecule has 0 spiro atoms. The number of ether oxygens (including phenoxy) is 3. The quantitative estimate of drug-likeness (QED) is 0.469. The lowest BCUT2D eigenvalue weighted by Crippen LogP contribution is -2.05. The van der Waals surface area contributed by atoms with Crippen molar-refractivity contribution in [2.45, 2.75) is 6.92 Å². The summed E-state index contributed by atoms with van der Waals surface area (Å²) in [4.78, 5) is 23.1. The summed E-state index contributed by atoms with van der Waals surface area (Å²) >= 11 is 1.06. The zero-order valence-electron chi connectivity index (χ0n) is 14.8. The number of nitrogens with zero attached hydrogens (tertiary/aromatic N) is 1. The molecule has 1 aromatic carbocycles. The second kappa shape index (κ2) is 10.9. The lowest BCUT2D eigenvalue weighted by Gasteiger charge is -2.03. The molecular weight excluding hydrogens is 356 g/mol. The third kappa shape index (κ3) is 5.31. The van der Waals surface area contributed by atoms with Crippen molar-refractivity contribution in [1.82, 2.24) is 0 Å². The Kier molecular flexibility index (Phi) is 8.84. The number of aldehydes is 1. The average Bonchev–Trinajstić information content (AvgIpc) is 3.04. The van der Waals surface area contributed by atoms with Crippen molar-refractivity contribution in [3.8, 4) is 22.3 Å². The molecule has 1 heterocycles. The number of methoxy groups -OCH3 is 2. The predicted molar refractivity (Wildman–Crippen MR) is 99.3 cm³/mol. The van der Waals surface area contributed by atoms with Gasteiger partial charge in [0.1, 0.15) is 18.2 Å². The van der Waals surface area contributed by atoms with E-state index in [4.69, 9.17) is 15.2 Å². The number of carbonyl (C=O) groups excluding carboxylic acids is 2. The standard InChI is InChI=1S/C15H12N2O4S.C3H8O/c1-20-15(19)14-12(21-6-5-18)11(8-16)13(22-14)9-3-2-4-10(17)7-9;1-3-4-2/h2-5,7H,6,17H2,1H3;3H2,1-2H3. The van der Waals surface area contributed by atoms with E-state index < -0.39 is 5.97 Å². The lowest BCUT2D eigenvalue weighted by atomic mass is 10.1. The van der Waals surface area contributed by atoms with Gasteiger partial charge in [-0.2, -0.15) is 5.26 Å². The van der Waals surface area contributed by atoms with Crippen LogP contribution < -0.4 is 10.5 Å². The summed E-state index contributed by atoms with van der Waals surface area (Å²) in [6.07, 6.45) is 0.542. The maximum absolute atomic E-state index is 11.9. The Bertz CT molecular complexity index is 793. The van der Waals surface area contributed by atoms with Crippen LogP contribution in [0.2, 0.25) is 0 Å². The van der Waals surface area contributed by atoms with Crippen LogP contribution in [0.25, 0.3) is 10.4 Å². The molecule has 0 fully saturated rings. The number of carbonyl (C=O) groups is 2. The Morgan fingerprint density at radius 3 is 2.58 bits per heavy atom. The molecule has 0 bridgehead atoms. The third-order valence-electron chi connectivity index (χ3n) is 3.08. The Balaban J connectivity index is 0.000000765. The largest absolute Gasteiger partial charge is 0.483 e. The van der Waals surface area contributed by atoms with Crippen LogP contribution in [0.3, 0.4) is 0 Å². The van der Waals surface area contributed by atoms with Crippen LogP contribution in [0, 0.1) is 11.3 Å². The van der Waals surface area contributed by atoms with Crippen molar-refractivity contribution < 1.29 is 23.8 Å². The number of hydrogen-bond donors (Lipinski definition) is 1. The van der Waals surface area contributed by atoms with Gasteiger partial charge in [0.2, 0.25) is 0 Å². The molecule has 1 aromatic heterocycles. The molecule has 0 atom stereocenters. The first-order valence-corrected chi connectivity index (χ1v) is 8.42. The molecule has 2 rings (SSSR count). The lowest BCUT2D eigenvalue weighted by molar-refractivity contribution is -0.109. The highest BCUT2D eigenvalue weighted by Crippen LogP contribution is 2.42. The van der Waals surface area contributed by atoms with E-state index in [-0.39, 0.29) is 22.8 Å². The number of nitrogens with two attached hydrogens (primary N) is 1. The summed E-state index contributed by atoms with van der Waals surface area (Å²) in [5.74, 6) is -0.568. The fraction of sp³-hybridized carbons (Fsp3) is 0.278. The van der Waals surface area contributed by atoms with Crippen LogP contribution in [0.1, 0.15) is 22.2 Å². The molecule has 138 valence electrons. The van der Waals surface area contributed by atoms with Gasteiger partial charge in [-0.25, -0.2) is 4.79 Å². The summed E-state index contributed by atoms with van der Waals surface area (Å²) in [6.45, 7) is 2.52. The van der Waals surface area contributed by atoms with Crippen molar-refractivity contribution in [3.05, 3.63) is 34.7 Å². The number of hydrogen-bond acceptors (Lipinski definition) is 8. The Morgan fingerprint density at radius 2 is 2.08 bits per heavy atom. The summed E-state index contributed by atoms with van der Waals surface area (Å²) in [5.41, 5.74) is 7.15. The smallest absolute Gasteiger partial charge is 0.351 e. The van der Waals surface area contributed by atoms with E-state index in [2.05, 4.69) is 4.74 Å². The predicted octanol–water partition coefficient (Wildman–Crippen LogP) is 2.89. The Hall–Kier alpha value is -2.89. The average molecular weight is 376 g/mol. The van der Waals surface area contributed by atoms with Gasteiger partial charge in [-0.15, -0.1) is 11.3 Å². The molecule has 7 nitrogen and oxygen atoms in total. The van der Waals surface area contributed by atoms with E-state index in [0.717, 1.165) is 17.9 Å². The summed E-state index contributed by atoms with van der Waals surface area (Å²) in [5, 5.41) is 9.40. The highest BCUT2D eigenvalue weighted by molar-refractivity contribution is 7.18. The second-order valence-electron chi connectivity index (χ2n) is 4.75. The van der Waals surface area contributed by atoms with Crippen LogP contribution >= 0.6 is 11.3 Å². The van der Waals surface area contributed by atoms with Gasteiger partial charge in [0.25, 0.3) is 0 Å². The molecule has 0 unspecified atom stereocenters. The Morgan fingerprint density at radius 1 is 1.38 bits per heavy atom. The Labute approximate surface area is 155 Å². The van der Waals surface area contributed by atoms with Gasteiger partial charge in [0.05, 0.1) is 12.0 Å². The van der Waals surface area contributed by atoms with Crippen molar-refractivity contribution in [1.29, 1.82) is 5.26 Å². The zero-order valence-corrected chi connectivity index (χ0v) is 15.6. The number of nitrogen functional groups attached to an aromatic ring is 1. The van der Waals surface area contributed by atoms with Gasteiger partial charge < -0.3 is 19.9 Å². The van der Waals surface area contributed by atoms with E-state index in [1.807, 2.05) is 13.0 Å². The molecule has 0 saturated carbocycles. The van der Waals surface area contributed by atoms with E-state index in [1.54, 1.807) is 31.4 Å². The third-order valence-corrected chi connectivity index (χ3v) is 4.28. The second-order valence-corrected chi connectivity index (χ2v) is 5.77. The monoisotopic (exact) mass is 376 g/mol. The van der Waals surface area contributed by atoms with Crippen LogP contribution in [0.5, 0.6) is 5.75 Å². The summed E-state index contributed by atoms with van der Waals surface area (Å²) < 4.78 is 14.5. The van der Waals surface area contributed by atoms with Crippen molar-refractivity contribution in [3.63, 3.8) is 0 Å². The highest BCUT2D eigenvalue weighted by Gasteiger charge is 2.26. The summed E-state index contributed by atoms with van der Waals surface area (Å²) in [6, 6.07) is 8.94. The minimum absolute atomic E-state index is 0.0591. The fourth-order valence-electron chi connectivity index (χ4n) is 1.88. The number of esters is 1. The number of anilines is 1. The zero-order chi connectivity index (χ0) is 19.5. The minimum Gasteiger partial charge on any atom is -0.483 e. The molecule has 2 aromatic rings. The number of benzene rings is 1. The molecular formula is C18H20N2O5S. The SMILES string of the molecule is CCOC.COC(=O)c1sc(-c2cccc(N)c2)c(C#N)c1OCC=O. The summed E-state index contributed by atoms with van der Waals surface area (Å²) in [7, 11) is 2.91. The molecule has 0 aliphatic carbocycles. The maximum atomic E-state index is 11.9. The first-order valence-electron chi connectivity index (χ1n) is 7.60. The van der Waals surface area contributed by atoms with Gasteiger partial charge in [-0.1, -0.05) is 12.1 Å². The van der Waals surface area contributed by atoms with Crippen LogP contribution in [-0.4, -0.2) is 39.7 Å². The normalized spacial score (nSPS) is 9.46. The maximum Gasteiger partial charge on any atom is 0.351 e. The van der Waals surface area contributed by atoms with Crippen LogP contribution in [0.15, 0.2) is 24.3 Å². The fourth-order valence-corrected chi connectivity index (χ4v) is 2.99. The number of thiophene rings is 1. The first kappa shape index (κ1) is 21.2. The van der Waals surface area contributed by atoms with Gasteiger partial charge in [-0.3, -0.25) is 4.79 Å². The molecule has 0 saturated heterocycles. The van der Waals surface area contributed by atoms with E-state index in [1.165, 1.54) is 7.11 Å². The van der Waals surface area contributed by atoms with Crippen molar-refractivity contribution in [2.24, 2.45) is 0 Å². The molecule has 26 heavy (non-hydrogen) atoms. The van der Waals surface area contributed by atoms with E-state index >= 15 is 0 Å². The van der Waals surface area contributed by atoms with E-state index in [9.17, 15) is 14.9 Å². The van der Waals surface area contributed by atoms with Crippen LogP contribution in [0.4, 0.5) is 5.69 Å². The van der Waals surface area contributed by atoms with E-state index in [0.29, 0.717) is 22.4 Å². The van der Waals surface area contributed by atoms with Gasteiger partial charge >= 0.3 is 5.97 Å². The highest BCUT2D eigenvalue weighted by atomic mass is 32.1. The van der Waals surface area contributed by atoms with Crippen LogP contribution in [-0.2, 0) is 14.3 Å². The van der Waals surface area contributed by atoms with Gasteiger partial charge in [-0.05, 0) is 24.6 Å². The molecule has 0 aliphatic rings. The molecule has 0 aliphatic heterocycles. The van der Waals surface area contributed by atoms with Crippen molar-refractivity contribution in [2.75, 3.05) is 33.2 Å². The van der Waals surface area contributed by atoms with Gasteiger partial charge in [0.15, 0.2) is 16.9 Å². The first-order chi connectivity index (χ1) is 12.5. The molecule has 8 heteroatoms. The minimum atomic E-state index is -0.627. The van der Waals surface area contributed by atoms with Crippen molar-refractivity contribution >= 4 is 29.3 Å². The van der Waals surface area contributed by atoms with Gasteiger partial charge in [0, 0.05) is 19.4 Å². The number of nitriles is 1. The molecule has 0 amide bonds.